The molecule has 2 rings (SSSR count). The summed E-state index contributed by atoms with van der Waals surface area (Å²) in [6.45, 7) is 2.03. The van der Waals surface area contributed by atoms with Gasteiger partial charge in [0.05, 0.1) is 0 Å². The van der Waals surface area contributed by atoms with Crippen molar-refractivity contribution in [2.24, 2.45) is 5.92 Å². The number of nitrogens with zero attached hydrogens (tertiary/aromatic N) is 3. The van der Waals surface area contributed by atoms with Crippen molar-refractivity contribution in [2.45, 2.75) is 6.42 Å². The average molecular weight is 214 g/mol. The van der Waals surface area contributed by atoms with E-state index in [1.165, 1.54) is 0 Å². The Balaban J connectivity index is 2.09. The molecule has 0 saturated carbocycles. The number of aliphatic hydroxyl groups is 1. The molecule has 1 aromatic heterocycles. The van der Waals surface area contributed by atoms with Crippen molar-refractivity contribution < 1.29 is 5.11 Å². The Morgan fingerprint density at radius 1 is 1.64 bits per heavy atom. The molecule has 0 amide bonds. The van der Waals surface area contributed by atoms with Crippen molar-refractivity contribution >= 4 is 17.4 Å². The molecule has 0 radical (unpaired) electrons. The molecule has 0 aliphatic carbocycles. The molecule has 0 bridgehead atoms. The first-order valence-electron chi connectivity index (χ1n) is 4.64. The van der Waals surface area contributed by atoms with Gasteiger partial charge in [-0.15, -0.1) is 0 Å². The van der Waals surface area contributed by atoms with Crippen LogP contribution in [0.4, 0.5) is 5.82 Å². The lowest BCUT2D eigenvalue weighted by Gasteiger charge is -2.16. The largest absolute Gasteiger partial charge is 0.396 e. The Kier molecular flexibility index (Phi) is 2.84. The lowest BCUT2D eigenvalue weighted by atomic mass is 10.1. The summed E-state index contributed by atoms with van der Waals surface area (Å²) in [5.41, 5.74) is 0. The van der Waals surface area contributed by atoms with Gasteiger partial charge >= 0.3 is 0 Å². The normalized spacial score (nSPS) is 21.6. The molecule has 1 N–H and O–H groups in total. The second kappa shape index (κ2) is 4.11. The van der Waals surface area contributed by atoms with E-state index >= 15 is 0 Å². The van der Waals surface area contributed by atoms with Crippen LogP contribution in [-0.4, -0.2) is 34.8 Å². The highest BCUT2D eigenvalue weighted by atomic mass is 35.5. The van der Waals surface area contributed by atoms with Gasteiger partial charge in [0.2, 0.25) is 5.28 Å². The SMILES string of the molecule is OC[C@H]1CCN(c2ccnc(Cl)n2)C1. The zero-order valence-corrected chi connectivity index (χ0v) is 8.48. The van der Waals surface area contributed by atoms with Crippen molar-refractivity contribution in [3.8, 4) is 0 Å². The third-order valence-corrected chi connectivity index (χ3v) is 2.66. The summed E-state index contributed by atoms with van der Waals surface area (Å²) >= 11 is 5.70. The van der Waals surface area contributed by atoms with Gasteiger partial charge in [-0.1, -0.05) is 0 Å². The minimum absolute atomic E-state index is 0.245. The highest BCUT2D eigenvalue weighted by molar-refractivity contribution is 6.28. The van der Waals surface area contributed by atoms with E-state index < -0.39 is 0 Å². The maximum atomic E-state index is 9.00. The van der Waals surface area contributed by atoms with Crippen molar-refractivity contribution in [3.63, 3.8) is 0 Å². The minimum Gasteiger partial charge on any atom is -0.396 e. The smallest absolute Gasteiger partial charge is 0.224 e. The zero-order valence-electron chi connectivity index (χ0n) is 7.73. The molecule has 0 unspecified atom stereocenters. The highest BCUT2D eigenvalue weighted by Gasteiger charge is 2.22. The first kappa shape index (κ1) is 9.68. The summed E-state index contributed by atoms with van der Waals surface area (Å²) in [6, 6.07) is 1.84. The van der Waals surface area contributed by atoms with Crippen molar-refractivity contribution in [1.82, 2.24) is 9.97 Å². The average Bonchev–Trinajstić information content (AvgIpc) is 2.66. The molecule has 1 fully saturated rings. The summed E-state index contributed by atoms with van der Waals surface area (Å²) in [5, 5.41) is 9.27. The standard InChI is InChI=1S/C9H12ClN3O/c10-9-11-3-1-8(12-9)13-4-2-7(5-13)6-14/h1,3,7,14H,2,4-6H2/t7-/m0/s1. The van der Waals surface area contributed by atoms with Crippen LogP contribution in [0.3, 0.4) is 0 Å². The topological polar surface area (TPSA) is 49.2 Å². The maximum absolute atomic E-state index is 9.00. The predicted molar refractivity (Wildman–Crippen MR) is 54.4 cm³/mol. The number of aliphatic hydroxyl groups excluding tert-OH is 1. The van der Waals surface area contributed by atoms with Gasteiger partial charge in [-0.25, -0.2) is 9.97 Å². The van der Waals surface area contributed by atoms with Crippen LogP contribution in [0.5, 0.6) is 0 Å². The Hall–Kier alpha value is -0.870. The van der Waals surface area contributed by atoms with Crippen molar-refractivity contribution in [2.75, 3.05) is 24.6 Å². The fourth-order valence-corrected chi connectivity index (χ4v) is 1.83. The number of rotatable bonds is 2. The van der Waals surface area contributed by atoms with E-state index in [1.807, 2.05) is 6.07 Å². The molecule has 1 saturated heterocycles. The summed E-state index contributed by atoms with van der Waals surface area (Å²) < 4.78 is 0. The van der Waals surface area contributed by atoms with Crippen LogP contribution in [0, 0.1) is 5.92 Å². The van der Waals surface area contributed by atoms with Crippen LogP contribution < -0.4 is 4.90 Å². The molecule has 14 heavy (non-hydrogen) atoms. The second-order valence-corrected chi connectivity index (χ2v) is 3.81. The van der Waals surface area contributed by atoms with E-state index in [2.05, 4.69) is 14.9 Å². The van der Waals surface area contributed by atoms with E-state index in [0.29, 0.717) is 5.92 Å². The van der Waals surface area contributed by atoms with Crippen LogP contribution in [-0.2, 0) is 0 Å². The molecule has 0 aromatic carbocycles. The van der Waals surface area contributed by atoms with Gasteiger partial charge in [-0.3, -0.25) is 0 Å². The summed E-state index contributed by atoms with van der Waals surface area (Å²) in [5.74, 6) is 1.21. The van der Waals surface area contributed by atoms with Crippen LogP contribution in [0.2, 0.25) is 5.28 Å². The Morgan fingerprint density at radius 3 is 3.14 bits per heavy atom. The highest BCUT2D eigenvalue weighted by Crippen LogP contribution is 2.21. The molecule has 1 atom stereocenters. The first-order chi connectivity index (χ1) is 6.79. The van der Waals surface area contributed by atoms with Gasteiger partial charge < -0.3 is 10.0 Å². The molecular formula is C9H12ClN3O. The van der Waals surface area contributed by atoms with Gasteiger partial charge in [0.25, 0.3) is 0 Å². The third kappa shape index (κ3) is 1.96. The molecule has 76 valence electrons. The van der Waals surface area contributed by atoms with E-state index in [4.69, 9.17) is 16.7 Å². The maximum Gasteiger partial charge on any atom is 0.224 e. The summed E-state index contributed by atoms with van der Waals surface area (Å²) in [7, 11) is 0. The molecule has 1 aliphatic rings. The fourth-order valence-electron chi connectivity index (χ4n) is 1.69. The number of halogens is 1. The molecule has 1 aromatic rings. The Labute approximate surface area is 87.5 Å². The second-order valence-electron chi connectivity index (χ2n) is 3.47. The van der Waals surface area contributed by atoms with Crippen LogP contribution >= 0.6 is 11.6 Å². The van der Waals surface area contributed by atoms with Gasteiger partial charge in [0, 0.05) is 31.8 Å². The van der Waals surface area contributed by atoms with E-state index in [0.717, 1.165) is 25.3 Å². The molecule has 1 aliphatic heterocycles. The number of aromatic nitrogens is 2. The van der Waals surface area contributed by atoms with Crippen LogP contribution in [0.15, 0.2) is 12.3 Å². The number of anilines is 1. The number of hydrogen-bond acceptors (Lipinski definition) is 4. The molecule has 0 spiro atoms. The zero-order chi connectivity index (χ0) is 9.97. The lowest BCUT2D eigenvalue weighted by molar-refractivity contribution is 0.238. The Bertz CT molecular complexity index is 321. The predicted octanol–water partition coefficient (Wildman–Crippen LogP) is 0.949. The summed E-state index contributed by atoms with van der Waals surface area (Å²) in [4.78, 5) is 10.1. The number of hydrogen-bond donors (Lipinski definition) is 1. The van der Waals surface area contributed by atoms with E-state index in [1.54, 1.807) is 6.20 Å². The van der Waals surface area contributed by atoms with Crippen LogP contribution in [0.25, 0.3) is 0 Å². The molecule has 4 nitrogen and oxygen atoms in total. The molecule has 2 heterocycles. The van der Waals surface area contributed by atoms with Gasteiger partial charge in [-0.05, 0) is 24.1 Å². The van der Waals surface area contributed by atoms with E-state index in [-0.39, 0.29) is 11.9 Å². The van der Waals surface area contributed by atoms with Crippen molar-refractivity contribution in [1.29, 1.82) is 0 Å². The molecular weight excluding hydrogens is 202 g/mol. The lowest BCUT2D eigenvalue weighted by Crippen LogP contribution is -2.21. The van der Waals surface area contributed by atoms with Gasteiger partial charge in [0.15, 0.2) is 0 Å². The Morgan fingerprint density at radius 2 is 2.50 bits per heavy atom. The van der Waals surface area contributed by atoms with Gasteiger partial charge in [0.1, 0.15) is 5.82 Å². The first-order valence-corrected chi connectivity index (χ1v) is 5.02. The van der Waals surface area contributed by atoms with Gasteiger partial charge in [-0.2, -0.15) is 0 Å². The fraction of sp³-hybridized carbons (Fsp3) is 0.556. The minimum atomic E-state index is 0.245. The molecule has 5 heteroatoms. The monoisotopic (exact) mass is 213 g/mol. The third-order valence-electron chi connectivity index (χ3n) is 2.48. The quantitative estimate of drug-likeness (QED) is 0.744. The van der Waals surface area contributed by atoms with Crippen molar-refractivity contribution in [3.05, 3.63) is 17.5 Å². The summed E-state index contributed by atoms with van der Waals surface area (Å²) in [6.07, 6.45) is 2.66. The van der Waals surface area contributed by atoms with E-state index in [9.17, 15) is 0 Å². The van der Waals surface area contributed by atoms with Crippen LogP contribution in [0.1, 0.15) is 6.42 Å².